The van der Waals surface area contributed by atoms with Crippen LogP contribution in [0.2, 0.25) is 0 Å². The van der Waals surface area contributed by atoms with E-state index < -0.39 is 15.7 Å². The molecular formula is C23H26N4O4S. The van der Waals surface area contributed by atoms with Crippen molar-refractivity contribution in [2.45, 2.75) is 39.3 Å². The Labute approximate surface area is 187 Å². The summed E-state index contributed by atoms with van der Waals surface area (Å²) in [4.78, 5) is 19.8. The molecule has 0 spiro atoms. The average Bonchev–Trinajstić information content (AvgIpc) is 3.09. The molecule has 2 N–H and O–H groups in total. The average molecular weight is 455 g/mol. The molecule has 0 aromatic carbocycles. The largest absolute Gasteiger partial charge is 0.473 e. The molecular weight excluding hydrogens is 428 g/mol. The molecule has 8 nitrogen and oxygen atoms in total. The summed E-state index contributed by atoms with van der Waals surface area (Å²) in [5.74, 6) is 0.261. The summed E-state index contributed by atoms with van der Waals surface area (Å²) < 4.78 is 31.9. The molecule has 0 atom stereocenters. The number of hydrogen-bond donors (Lipinski definition) is 1. The molecule has 32 heavy (non-hydrogen) atoms. The smallest absolute Gasteiger partial charge is 0.250 e. The van der Waals surface area contributed by atoms with Crippen LogP contribution in [0.15, 0.2) is 42.9 Å². The topological polar surface area (TPSA) is 117 Å². The minimum atomic E-state index is -2.94. The molecule has 0 saturated carbocycles. The maximum absolute atomic E-state index is 11.9. The maximum atomic E-state index is 11.9. The number of nitrogens with two attached hydrogens (primary N) is 1. The second-order valence-electron chi connectivity index (χ2n) is 8.12. The molecule has 168 valence electrons. The summed E-state index contributed by atoms with van der Waals surface area (Å²) in [5, 5.41) is 0. The Hall–Kier alpha value is -3.20. The van der Waals surface area contributed by atoms with Gasteiger partial charge < -0.3 is 15.0 Å². The predicted octanol–water partition coefficient (Wildman–Crippen LogP) is 2.99. The number of aryl methyl sites for hydroxylation is 1. The number of hydrogen-bond acceptors (Lipinski definition) is 6. The standard InChI is InChI=1S/C23H26N4O4S/c1-15-3-4-17(11-25-15)20-13-27(19-7-9-32(29,30)10-8-19)16(2)21(20)14-31-22-6-5-18(12-26-22)23(24)28/h3-6,11-13,19H,7-10,14H2,1-2H3,(H2,24,28). The molecule has 4 heterocycles. The molecule has 0 bridgehead atoms. The van der Waals surface area contributed by atoms with Gasteiger partial charge in [0.2, 0.25) is 11.8 Å². The van der Waals surface area contributed by atoms with E-state index in [1.807, 2.05) is 32.2 Å². The van der Waals surface area contributed by atoms with E-state index in [0.717, 1.165) is 28.1 Å². The molecule has 1 aliphatic heterocycles. The molecule has 1 aliphatic rings. The maximum Gasteiger partial charge on any atom is 0.250 e. The third-order valence-corrected chi connectivity index (χ3v) is 7.66. The van der Waals surface area contributed by atoms with E-state index >= 15 is 0 Å². The first kappa shape index (κ1) is 22.0. The Morgan fingerprint density at radius 3 is 2.47 bits per heavy atom. The quantitative estimate of drug-likeness (QED) is 0.612. The summed E-state index contributed by atoms with van der Waals surface area (Å²) in [6, 6.07) is 7.30. The van der Waals surface area contributed by atoms with Crippen molar-refractivity contribution in [3.63, 3.8) is 0 Å². The second kappa shape index (κ2) is 8.74. The number of carbonyl (C=O) groups excluding carboxylic acids is 1. The van der Waals surface area contributed by atoms with Crippen molar-refractivity contribution in [2.24, 2.45) is 5.73 Å². The fourth-order valence-corrected chi connectivity index (χ4v) is 5.48. The first-order chi connectivity index (χ1) is 15.2. The van der Waals surface area contributed by atoms with Crippen LogP contribution < -0.4 is 10.5 Å². The van der Waals surface area contributed by atoms with Crippen molar-refractivity contribution in [2.75, 3.05) is 11.5 Å². The van der Waals surface area contributed by atoms with Crippen LogP contribution in [0.1, 0.15) is 46.2 Å². The number of pyridine rings is 2. The van der Waals surface area contributed by atoms with Gasteiger partial charge in [-0.25, -0.2) is 13.4 Å². The number of ether oxygens (including phenoxy) is 1. The van der Waals surface area contributed by atoms with Gasteiger partial charge in [-0.3, -0.25) is 9.78 Å². The lowest BCUT2D eigenvalue weighted by atomic mass is 10.1. The summed E-state index contributed by atoms with van der Waals surface area (Å²) >= 11 is 0. The SMILES string of the molecule is Cc1ccc(-c2cn(C3CCS(=O)(=O)CC3)c(C)c2COc2ccc(C(N)=O)cn2)cn1. The lowest BCUT2D eigenvalue weighted by Crippen LogP contribution is -2.25. The summed E-state index contributed by atoms with van der Waals surface area (Å²) in [5.41, 5.74) is 10.5. The van der Waals surface area contributed by atoms with Crippen molar-refractivity contribution in [1.82, 2.24) is 14.5 Å². The number of rotatable bonds is 6. The van der Waals surface area contributed by atoms with Crippen LogP contribution in [0.4, 0.5) is 0 Å². The molecule has 9 heteroatoms. The van der Waals surface area contributed by atoms with Gasteiger partial charge in [0.25, 0.3) is 0 Å². The Kier molecular flexibility index (Phi) is 6.01. The molecule has 1 fully saturated rings. The van der Waals surface area contributed by atoms with Gasteiger partial charge in [-0.05, 0) is 38.8 Å². The van der Waals surface area contributed by atoms with Gasteiger partial charge in [-0.15, -0.1) is 0 Å². The number of aromatic nitrogens is 3. The Balaban J connectivity index is 1.65. The molecule has 1 saturated heterocycles. The third kappa shape index (κ3) is 4.67. The van der Waals surface area contributed by atoms with Crippen LogP contribution in [0.5, 0.6) is 5.88 Å². The van der Waals surface area contributed by atoms with Gasteiger partial charge in [-0.2, -0.15) is 0 Å². The first-order valence-electron chi connectivity index (χ1n) is 10.5. The lowest BCUT2D eigenvalue weighted by Gasteiger charge is -2.25. The van der Waals surface area contributed by atoms with E-state index in [0.29, 0.717) is 24.3 Å². The Bertz CT molecular complexity index is 1220. The highest BCUT2D eigenvalue weighted by atomic mass is 32.2. The van der Waals surface area contributed by atoms with Crippen LogP contribution >= 0.6 is 0 Å². The van der Waals surface area contributed by atoms with Crippen molar-refractivity contribution in [3.05, 3.63) is 65.4 Å². The Morgan fingerprint density at radius 1 is 1.12 bits per heavy atom. The minimum Gasteiger partial charge on any atom is -0.473 e. The molecule has 0 aliphatic carbocycles. The van der Waals surface area contributed by atoms with Gasteiger partial charge in [0.15, 0.2) is 0 Å². The number of primary amides is 1. The van der Waals surface area contributed by atoms with E-state index in [1.165, 1.54) is 6.20 Å². The zero-order chi connectivity index (χ0) is 22.9. The van der Waals surface area contributed by atoms with Gasteiger partial charge in [0.05, 0.1) is 17.1 Å². The van der Waals surface area contributed by atoms with Gasteiger partial charge in [-0.1, -0.05) is 6.07 Å². The van der Waals surface area contributed by atoms with Crippen molar-refractivity contribution < 1.29 is 17.9 Å². The van der Waals surface area contributed by atoms with Gasteiger partial charge in [0, 0.05) is 58.8 Å². The van der Waals surface area contributed by atoms with E-state index in [9.17, 15) is 13.2 Å². The van der Waals surface area contributed by atoms with Crippen molar-refractivity contribution in [3.8, 4) is 17.0 Å². The van der Waals surface area contributed by atoms with Crippen LogP contribution in [-0.2, 0) is 16.4 Å². The van der Waals surface area contributed by atoms with Crippen LogP contribution in [-0.4, -0.2) is 40.4 Å². The van der Waals surface area contributed by atoms with Gasteiger partial charge >= 0.3 is 0 Å². The van der Waals surface area contributed by atoms with E-state index in [2.05, 4.69) is 20.7 Å². The number of sulfone groups is 1. The Morgan fingerprint density at radius 2 is 1.88 bits per heavy atom. The van der Waals surface area contributed by atoms with E-state index in [4.69, 9.17) is 10.5 Å². The molecule has 4 rings (SSSR count). The van der Waals surface area contributed by atoms with Crippen LogP contribution in [0.25, 0.3) is 11.1 Å². The fourth-order valence-electron chi connectivity index (χ4n) is 4.02. The summed E-state index contributed by atoms with van der Waals surface area (Å²) in [6.45, 7) is 4.24. The highest BCUT2D eigenvalue weighted by molar-refractivity contribution is 7.91. The molecule has 1 amide bonds. The second-order valence-corrected chi connectivity index (χ2v) is 10.4. The van der Waals surface area contributed by atoms with Gasteiger partial charge in [0.1, 0.15) is 16.4 Å². The zero-order valence-corrected chi connectivity index (χ0v) is 18.9. The number of nitrogens with zero attached hydrogens (tertiary/aromatic N) is 3. The monoisotopic (exact) mass is 454 g/mol. The van der Waals surface area contributed by atoms with E-state index in [1.54, 1.807) is 12.1 Å². The molecule has 0 unspecified atom stereocenters. The number of carbonyl (C=O) groups is 1. The lowest BCUT2D eigenvalue weighted by molar-refractivity contribution is 0.1000. The number of amides is 1. The fraction of sp³-hybridized carbons (Fsp3) is 0.348. The normalized spacial score (nSPS) is 16.1. The van der Waals surface area contributed by atoms with Crippen molar-refractivity contribution >= 4 is 15.7 Å². The highest BCUT2D eigenvalue weighted by Gasteiger charge is 2.27. The third-order valence-electron chi connectivity index (χ3n) is 5.94. The highest BCUT2D eigenvalue weighted by Crippen LogP contribution is 2.34. The van der Waals surface area contributed by atoms with Crippen LogP contribution in [0, 0.1) is 13.8 Å². The minimum absolute atomic E-state index is 0.123. The summed E-state index contributed by atoms with van der Waals surface area (Å²) in [6.07, 6.45) is 6.50. The van der Waals surface area contributed by atoms with E-state index in [-0.39, 0.29) is 24.2 Å². The molecule has 3 aromatic rings. The van der Waals surface area contributed by atoms with Crippen molar-refractivity contribution in [1.29, 1.82) is 0 Å². The van der Waals surface area contributed by atoms with Crippen LogP contribution in [0.3, 0.4) is 0 Å². The first-order valence-corrected chi connectivity index (χ1v) is 12.3. The molecule has 0 radical (unpaired) electrons. The summed E-state index contributed by atoms with van der Waals surface area (Å²) in [7, 11) is -2.94. The zero-order valence-electron chi connectivity index (χ0n) is 18.1. The molecule has 3 aromatic heterocycles. The predicted molar refractivity (Wildman–Crippen MR) is 121 cm³/mol.